The second-order valence-corrected chi connectivity index (χ2v) is 10.7. The Morgan fingerprint density at radius 1 is 0.606 bits per heavy atom. The topological polar surface area (TPSA) is 0 Å². The molecule has 3 rings (SSSR count). The molecule has 0 N–H and O–H groups in total. The van der Waals surface area contributed by atoms with Crippen molar-refractivity contribution in [2.45, 2.75) is 89.0 Å². The molecule has 0 bridgehead atoms. The molecule has 0 aliphatic rings. The summed E-state index contributed by atoms with van der Waals surface area (Å²) in [6.07, 6.45) is 2.42. The Morgan fingerprint density at radius 2 is 1.00 bits per heavy atom. The number of rotatable bonds is 6. The lowest BCUT2D eigenvalue weighted by Gasteiger charge is -2.21. The maximum Gasteiger partial charge on any atom is 0.193 e. The van der Waals surface area contributed by atoms with Gasteiger partial charge in [0.2, 0.25) is 0 Å². The molecule has 174 valence electrons. The summed E-state index contributed by atoms with van der Waals surface area (Å²) in [6, 6.07) is 9.71. The second kappa shape index (κ2) is 9.92. The molecule has 33 heavy (non-hydrogen) atoms. The molecule has 3 aromatic carbocycles. The average molecular weight is 439 g/mol. The predicted octanol–water partition coefficient (Wildman–Crippen LogP) is 7.11. The first kappa shape index (κ1) is 25.3. The Hall–Kier alpha value is -2.28. The standard InChI is InChI=1S/C32H43B/c1-12-18(2)13-28-14-19(3)31(20(4)15-28)33-32-21(5)16-29(17-22(32)6)30-26(10)24(8)23(7)25(9)27(30)11/h14-18,33H,12-13H2,1-11H3. The van der Waals surface area contributed by atoms with Gasteiger partial charge >= 0.3 is 0 Å². The van der Waals surface area contributed by atoms with Gasteiger partial charge in [-0.25, -0.2) is 0 Å². The molecule has 1 heteroatoms. The Labute approximate surface area is 204 Å². The van der Waals surface area contributed by atoms with Crippen LogP contribution in [0.1, 0.15) is 75.9 Å². The van der Waals surface area contributed by atoms with Gasteiger partial charge in [0.25, 0.3) is 0 Å². The summed E-state index contributed by atoms with van der Waals surface area (Å²) < 4.78 is 0. The minimum atomic E-state index is 0.743. The van der Waals surface area contributed by atoms with E-state index in [1.165, 1.54) is 90.5 Å². The van der Waals surface area contributed by atoms with Gasteiger partial charge in [-0.05, 0) is 119 Å². The number of hydrogen-bond acceptors (Lipinski definition) is 0. The van der Waals surface area contributed by atoms with Gasteiger partial charge in [-0.15, -0.1) is 0 Å². The Morgan fingerprint density at radius 3 is 1.42 bits per heavy atom. The molecule has 0 fully saturated rings. The van der Waals surface area contributed by atoms with Crippen LogP contribution in [0.3, 0.4) is 0 Å². The molecular weight excluding hydrogens is 395 g/mol. The summed E-state index contributed by atoms with van der Waals surface area (Å²) in [5, 5.41) is 0. The van der Waals surface area contributed by atoms with Gasteiger partial charge < -0.3 is 0 Å². The molecular formula is C32H43B. The van der Waals surface area contributed by atoms with E-state index >= 15 is 0 Å². The zero-order chi connectivity index (χ0) is 24.6. The normalized spacial score (nSPS) is 12.2. The second-order valence-electron chi connectivity index (χ2n) is 10.7. The van der Waals surface area contributed by atoms with Crippen LogP contribution in [-0.2, 0) is 6.42 Å². The van der Waals surface area contributed by atoms with Gasteiger partial charge in [-0.3, -0.25) is 0 Å². The highest BCUT2D eigenvalue weighted by Crippen LogP contribution is 2.34. The SMILES string of the molecule is CCC(C)Cc1cc(C)c(Bc2c(C)cc(-c3c(C)c(C)c(C)c(C)c3C)cc2C)c(C)c1. The van der Waals surface area contributed by atoms with Crippen molar-refractivity contribution in [2.24, 2.45) is 5.92 Å². The Kier molecular flexibility index (Phi) is 7.62. The van der Waals surface area contributed by atoms with Gasteiger partial charge in [0.15, 0.2) is 7.28 Å². The van der Waals surface area contributed by atoms with Crippen LogP contribution in [0.2, 0.25) is 0 Å². The van der Waals surface area contributed by atoms with Crippen molar-refractivity contribution in [3.8, 4) is 11.1 Å². The molecule has 0 saturated carbocycles. The monoisotopic (exact) mass is 438 g/mol. The molecule has 0 aliphatic heterocycles. The number of benzene rings is 3. The van der Waals surface area contributed by atoms with Crippen molar-refractivity contribution in [2.75, 3.05) is 0 Å². The van der Waals surface area contributed by atoms with Crippen molar-refractivity contribution in [1.82, 2.24) is 0 Å². The van der Waals surface area contributed by atoms with Gasteiger partial charge in [0, 0.05) is 0 Å². The average Bonchev–Trinajstić information content (AvgIpc) is 2.75. The first-order valence-electron chi connectivity index (χ1n) is 12.7. The largest absolute Gasteiger partial charge is 0.193 e. The van der Waals surface area contributed by atoms with Crippen LogP contribution in [0.5, 0.6) is 0 Å². The Bertz CT molecular complexity index is 1120. The van der Waals surface area contributed by atoms with Crippen LogP contribution in [-0.4, -0.2) is 7.28 Å². The fourth-order valence-electron chi connectivity index (χ4n) is 5.55. The van der Waals surface area contributed by atoms with E-state index < -0.39 is 0 Å². The van der Waals surface area contributed by atoms with E-state index in [4.69, 9.17) is 0 Å². The molecule has 0 nitrogen and oxygen atoms in total. The van der Waals surface area contributed by atoms with Crippen LogP contribution in [0.15, 0.2) is 24.3 Å². The van der Waals surface area contributed by atoms with E-state index in [0.717, 1.165) is 13.2 Å². The van der Waals surface area contributed by atoms with E-state index in [2.05, 4.69) is 100 Å². The van der Waals surface area contributed by atoms with Crippen molar-refractivity contribution in [1.29, 1.82) is 0 Å². The minimum Gasteiger partial charge on any atom is -0.0728 e. The van der Waals surface area contributed by atoms with Crippen molar-refractivity contribution < 1.29 is 0 Å². The first-order chi connectivity index (χ1) is 15.5. The summed E-state index contributed by atoms with van der Waals surface area (Å²) in [7, 11) is 1.02. The molecule has 1 atom stereocenters. The van der Waals surface area contributed by atoms with Crippen molar-refractivity contribution in [3.05, 3.63) is 79.9 Å². The fraction of sp³-hybridized carbons (Fsp3) is 0.438. The minimum absolute atomic E-state index is 0.743. The van der Waals surface area contributed by atoms with Gasteiger partial charge in [-0.2, -0.15) is 0 Å². The summed E-state index contributed by atoms with van der Waals surface area (Å²) in [6.45, 7) is 25.2. The molecule has 1 unspecified atom stereocenters. The maximum absolute atomic E-state index is 2.43. The van der Waals surface area contributed by atoms with Crippen molar-refractivity contribution >= 4 is 18.2 Å². The maximum atomic E-state index is 2.43. The highest BCUT2D eigenvalue weighted by molar-refractivity contribution is 6.69. The highest BCUT2D eigenvalue weighted by atomic mass is 14.2. The molecule has 0 aromatic heterocycles. The lowest BCUT2D eigenvalue weighted by molar-refractivity contribution is 0.560. The van der Waals surface area contributed by atoms with Crippen LogP contribution >= 0.6 is 0 Å². The van der Waals surface area contributed by atoms with E-state index in [-0.39, 0.29) is 0 Å². The molecule has 0 radical (unpaired) electrons. The third-order valence-electron chi connectivity index (χ3n) is 8.38. The van der Waals surface area contributed by atoms with E-state index in [1.54, 1.807) is 0 Å². The third-order valence-corrected chi connectivity index (χ3v) is 8.38. The Balaban J connectivity index is 2.03. The van der Waals surface area contributed by atoms with E-state index in [9.17, 15) is 0 Å². The highest BCUT2D eigenvalue weighted by Gasteiger charge is 2.17. The molecule has 3 aromatic rings. The smallest absolute Gasteiger partial charge is 0.0728 e. The number of hydrogen-bond donors (Lipinski definition) is 0. The van der Waals surface area contributed by atoms with E-state index in [0.29, 0.717) is 0 Å². The molecule has 0 spiro atoms. The molecule has 0 amide bonds. The zero-order valence-corrected chi connectivity index (χ0v) is 23.0. The molecule has 0 heterocycles. The van der Waals surface area contributed by atoms with Gasteiger partial charge in [-0.1, -0.05) is 77.7 Å². The van der Waals surface area contributed by atoms with Crippen LogP contribution in [0.4, 0.5) is 0 Å². The predicted molar refractivity (Wildman–Crippen MR) is 151 cm³/mol. The third kappa shape index (κ3) is 4.98. The van der Waals surface area contributed by atoms with E-state index in [1.807, 2.05) is 0 Å². The first-order valence-corrected chi connectivity index (χ1v) is 12.7. The lowest BCUT2D eigenvalue weighted by atomic mass is 9.58. The lowest BCUT2D eigenvalue weighted by Crippen LogP contribution is -2.34. The number of aryl methyl sites for hydroxylation is 4. The molecule has 0 saturated heterocycles. The van der Waals surface area contributed by atoms with Crippen molar-refractivity contribution in [3.63, 3.8) is 0 Å². The van der Waals surface area contributed by atoms with Gasteiger partial charge in [0.1, 0.15) is 0 Å². The summed E-state index contributed by atoms with van der Waals surface area (Å²) in [5.74, 6) is 0.743. The van der Waals surface area contributed by atoms with Crippen LogP contribution < -0.4 is 10.9 Å². The van der Waals surface area contributed by atoms with Crippen LogP contribution in [0.25, 0.3) is 11.1 Å². The van der Waals surface area contributed by atoms with Crippen LogP contribution in [0, 0.1) is 68.2 Å². The molecule has 0 aliphatic carbocycles. The fourth-order valence-corrected chi connectivity index (χ4v) is 5.55. The quantitative estimate of drug-likeness (QED) is 0.360. The van der Waals surface area contributed by atoms with Gasteiger partial charge in [0.05, 0.1) is 0 Å². The summed E-state index contributed by atoms with van der Waals surface area (Å²) in [4.78, 5) is 0. The summed E-state index contributed by atoms with van der Waals surface area (Å²) in [5.41, 5.74) is 20.1. The zero-order valence-electron chi connectivity index (χ0n) is 23.0. The summed E-state index contributed by atoms with van der Waals surface area (Å²) >= 11 is 0.